The number of rotatable bonds is 7. The van der Waals surface area contributed by atoms with E-state index in [2.05, 4.69) is 15.2 Å². The number of carbonyl (C=O) groups excluding carboxylic acids is 1. The summed E-state index contributed by atoms with van der Waals surface area (Å²) >= 11 is 6.19. The molecule has 6 nitrogen and oxygen atoms in total. The highest BCUT2D eigenvalue weighted by Crippen LogP contribution is 2.32. The standard InChI is InChI=1S/C26H26ClF3N4O2/c1-18-22(27)8-3-9-23(18)32-24-21(7-4-10-31-24)25(35)36-16-15-33-11-13-34(14-12-33)20-6-2-5-19(17-20)26(28,29)30/h2-10,17H,11-16H2,1H3,(H,31,32). The summed E-state index contributed by atoms with van der Waals surface area (Å²) in [6.07, 6.45) is -2.78. The molecular weight excluding hydrogens is 493 g/mol. The van der Waals surface area contributed by atoms with Crippen molar-refractivity contribution in [3.05, 3.63) is 82.5 Å². The number of aromatic nitrogens is 1. The minimum absolute atomic E-state index is 0.187. The lowest BCUT2D eigenvalue weighted by molar-refractivity contribution is -0.137. The molecule has 0 amide bonds. The number of nitrogens with zero attached hydrogens (tertiary/aromatic N) is 3. The van der Waals surface area contributed by atoms with Crippen LogP contribution in [0.2, 0.25) is 5.02 Å². The Hall–Kier alpha value is -3.30. The van der Waals surface area contributed by atoms with Gasteiger partial charge in [0.1, 0.15) is 18.0 Å². The number of anilines is 3. The predicted molar refractivity (Wildman–Crippen MR) is 134 cm³/mol. The normalized spacial score (nSPS) is 14.5. The predicted octanol–water partition coefficient (Wildman–Crippen LogP) is 5.78. The van der Waals surface area contributed by atoms with Gasteiger partial charge in [0, 0.05) is 55.3 Å². The van der Waals surface area contributed by atoms with Gasteiger partial charge >= 0.3 is 12.1 Å². The second-order valence-corrected chi connectivity index (χ2v) is 8.86. The highest BCUT2D eigenvalue weighted by Gasteiger charge is 2.31. The van der Waals surface area contributed by atoms with E-state index in [1.165, 1.54) is 12.1 Å². The van der Waals surface area contributed by atoms with E-state index in [1.807, 2.05) is 24.0 Å². The van der Waals surface area contributed by atoms with Crippen LogP contribution in [-0.2, 0) is 10.9 Å². The smallest absolute Gasteiger partial charge is 0.416 e. The molecule has 1 fully saturated rings. The van der Waals surface area contributed by atoms with Gasteiger partial charge in [-0.2, -0.15) is 13.2 Å². The van der Waals surface area contributed by atoms with Crippen molar-refractivity contribution < 1.29 is 22.7 Å². The quantitative estimate of drug-likeness (QED) is 0.400. The summed E-state index contributed by atoms with van der Waals surface area (Å²) in [7, 11) is 0. The minimum Gasteiger partial charge on any atom is -0.461 e. The molecule has 1 aliphatic rings. The first kappa shape index (κ1) is 25.8. The van der Waals surface area contributed by atoms with Gasteiger partial charge in [-0.25, -0.2) is 9.78 Å². The Morgan fingerprint density at radius 3 is 2.58 bits per heavy atom. The maximum absolute atomic E-state index is 13.0. The van der Waals surface area contributed by atoms with E-state index >= 15 is 0 Å². The Labute approximate surface area is 212 Å². The van der Waals surface area contributed by atoms with Crippen molar-refractivity contribution in [3.63, 3.8) is 0 Å². The lowest BCUT2D eigenvalue weighted by Gasteiger charge is -2.36. The molecular formula is C26H26ClF3N4O2. The van der Waals surface area contributed by atoms with Gasteiger partial charge in [0.05, 0.1) is 5.56 Å². The number of ether oxygens (including phenoxy) is 1. The molecule has 36 heavy (non-hydrogen) atoms. The summed E-state index contributed by atoms with van der Waals surface area (Å²) in [5, 5.41) is 3.76. The monoisotopic (exact) mass is 518 g/mol. The molecule has 2 heterocycles. The lowest BCUT2D eigenvalue weighted by atomic mass is 10.1. The Morgan fingerprint density at radius 2 is 1.83 bits per heavy atom. The van der Waals surface area contributed by atoms with E-state index < -0.39 is 17.7 Å². The van der Waals surface area contributed by atoms with Gasteiger partial charge in [0.25, 0.3) is 0 Å². The van der Waals surface area contributed by atoms with Gasteiger partial charge < -0.3 is 15.0 Å². The van der Waals surface area contributed by atoms with Crippen molar-refractivity contribution >= 4 is 34.8 Å². The van der Waals surface area contributed by atoms with Crippen molar-refractivity contribution in [2.45, 2.75) is 13.1 Å². The number of pyridine rings is 1. The number of esters is 1. The second kappa shape index (κ2) is 11.2. The summed E-state index contributed by atoms with van der Waals surface area (Å²) in [5.41, 5.74) is 1.81. The van der Waals surface area contributed by atoms with Crippen LogP contribution in [0.5, 0.6) is 0 Å². The third-order valence-electron chi connectivity index (χ3n) is 6.10. The lowest BCUT2D eigenvalue weighted by Crippen LogP contribution is -2.47. The fraction of sp³-hybridized carbons (Fsp3) is 0.308. The summed E-state index contributed by atoms with van der Waals surface area (Å²) < 4.78 is 44.5. The minimum atomic E-state index is -4.36. The zero-order valence-corrected chi connectivity index (χ0v) is 20.4. The number of benzene rings is 2. The Balaban J connectivity index is 1.28. The summed E-state index contributed by atoms with van der Waals surface area (Å²) in [6.45, 7) is 5.07. The van der Waals surface area contributed by atoms with Crippen molar-refractivity contribution in [3.8, 4) is 0 Å². The molecule has 0 bridgehead atoms. The molecule has 1 saturated heterocycles. The van der Waals surface area contributed by atoms with Crippen LogP contribution in [0.3, 0.4) is 0 Å². The fourth-order valence-corrected chi connectivity index (χ4v) is 4.17. The van der Waals surface area contributed by atoms with E-state index in [1.54, 1.807) is 30.5 Å². The molecule has 0 unspecified atom stereocenters. The second-order valence-electron chi connectivity index (χ2n) is 8.45. The van der Waals surface area contributed by atoms with E-state index in [0.717, 1.165) is 17.3 Å². The van der Waals surface area contributed by atoms with Crippen LogP contribution in [0.1, 0.15) is 21.5 Å². The van der Waals surface area contributed by atoms with E-state index in [-0.39, 0.29) is 6.61 Å². The van der Waals surface area contributed by atoms with Crippen LogP contribution >= 0.6 is 11.6 Å². The number of nitrogens with one attached hydrogen (secondary N) is 1. The zero-order chi connectivity index (χ0) is 25.7. The topological polar surface area (TPSA) is 57.7 Å². The van der Waals surface area contributed by atoms with Gasteiger partial charge in [0.15, 0.2) is 0 Å². The molecule has 2 aromatic carbocycles. The molecule has 1 aliphatic heterocycles. The Kier molecular flexibility index (Phi) is 8.01. The summed E-state index contributed by atoms with van der Waals surface area (Å²) in [4.78, 5) is 21.1. The maximum atomic E-state index is 13.0. The zero-order valence-electron chi connectivity index (χ0n) is 19.7. The van der Waals surface area contributed by atoms with Crippen molar-refractivity contribution in [2.75, 3.05) is 49.5 Å². The Bertz CT molecular complexity index is 1210. The van der Waals surface area contributed by atoms with Gasteiger partial charge in [-0.05, 0) is 55.0 Å². The Morgan fingerprint density at radius 1 is 1.08 bits per heavy atom. The van der Waals surface area contributed by atoms with Gasteiger partial charge in [0.2, 0.25) is 0 Å². The number of halogens is 4. The van der Waals surface area contributed by atoms with Crippen LogP contribution in [-0.4, -0.2) is 55.2 Å². The van der Waals surface area contributed by atoms with E-state index in [9.17, 15) is 18.0 Å². The average Bonchev–Trinajstić information content (AvgIpc) is 2.87. The summed E-state index contributed by atoms with van der Waals surface area (Å²) in [5.74, 6) is -0.115. The van der Waals surface area contributed by atoms with Crippen LogP contribution < -0.4 is 10.2 Å². The van der Waals surface area contributed by atoms with E-state index in [0.29, 0.717) is 54.8 Å². The first-order valence-corrected chi connectivity index (χ1v) is 11.9. The highest BCUT2D eigenvalue weighted by molar-refractivity contribution is 6.31. The average molecular weight is 519 g/mol. The third kappa shape index (κ3) is 6.27. The van der Waals surface area contributed by atoms with E-state index in [4.69, 9.17) is 16.3 Å². The molecule has 190 valence electrons. The van der Waals surface area contributed by atoms with Crippen LogP contribution in [0.15, 0.2) is 60.8 Å². The van der Waals surface area contributed by atoms with Crippen LogP contribution in [0, 0.1) is 6.92 Å². The molecule has 0 atom stereocenters. The first-order chi connectivity index (χ1) is 17.2. The number of carbonyl (C=O) groups is 1. The number of piperazine rings is 1. The van der Waals surface area contributed by atoms with Crippen molar-refractivity contribution in [2.24, 2.45) is 0 Å². The molecule has 3 aromatic rings. The largest absolute Gasteiger partial charge is 0.461 e. The molecule has 0 radical (unpaired) electrons. The summed E-state index contributed by atoms with van der Waals surface area (Å²) in [6, 6.07) is 14.1. The first-order valence-electron chi connectivity index (χ1n) is 11.5. The number of hydrogen-bond donors (Lipinski definition) is 1. The van der Waals surface area contributed by atoms with Gasteiger partial charge in [-0.3, -0.25) is 4.90 Å². The molecule has 0 aliphatic carbocycles. The van der Waals surface area contributed by atoms with Crippen LogP contribution in [0.4, 0.5) is 30.4 Å². The van der Waals surface area contributed by atoms with Crippen molar-refractivity contribution in [1.82, 2.24) is 9.88 Å². The fourth-order valence-electron chi connectivity index (χ4n) is 3.99. The molecule has 0 saturated carbocycles. The van der Waals surface area contributed by atoms with Crippen molar-refractivity contribution in [1.29, 1.82) is 0 Å². The third-order valence-corrected chi connectivity index (χ3v) is 6.51. The number of hydrogen-bond acceptors (Lipinski definition) is 6. The highest BCUT2D eigenvalue weighted by atomic mass is 35.5. The molecule has 4 rings (SSSR count). The number of alkyl halides is 3. The molecule has 1 aromatic heterocycles. The van der Waals surface area contributed by atoms with Gasteiger partial charge in [-0.15, -0.1) is 0 Å². The van der Waals surface area contributed by atoms with Crippen LogP contribution in [0.25, 0.3) is 0 Å². The molecule has 0 spiro atoms. The van der Waals surface area contributed by atoms with Gasteiger partial charge in [-0.1, -0.05) is 23.7 Å². The SMILES string of the molecule is Cc1c(Cl)cccc1Nc1ncccc1C(=O)OCCN1CCN(c2cccc(C(F)(F)F)c2)CC1. The molecule has 1 N–H and O–H groups in total. The maximum Gasteiger partial charge on any atom is 0.416 e. The molecule has 10 heteroatoms.